The fourth-order valence-electron chi connectivity index (χ4n) is 1.80. The van der Waals surface area contributed by atoms with Crippen LogP contribution in [0.3, 0.4) is 0 Å². The molecule has 1 aromatic heterocycles. The molecule has 1 N–H and O–H groups in total. The van der Waals surface area contributed by atoms with Crippen LogP contribution in [-0.4, -0.2) is 41.6 Å². The highest BCUT2D eigenvalue weighted by Crippen LogP contribution is 2.17. The summed E-state index contributed by atoms with van der Waals surface area (Å²) < 4.78 is 11.8. The second-order valence-electron chi connectivity index (χ2n) is 4.14. The van der Waals surface area contributed by atoms with Gasteiger partial charge in [0.1, 0.15) is 18.0 Å². The molecule has 1 saturated heterocycles. The summed E-state index contributed by atoms with van der Waals surface area (Å²) in [7, 11) is 1.65. The van der Waals surface area contributed by atoms with Crippen molar-refractivity contribution in [3.8, 4) is 0 Å². The van der Waals surface area contributed by atoms with Crippen molar-refractivity contribution in [2.24, 2.45) is 0 Å². The molecule has 0 radical (unpaired) electrons. The van der Waals surface area contributed by atoms with Gasteiger partial charge in [0.15, 0.2) is 0 Å². The van der Waals surface area contributed by atoms with Crippen molar-refractivity contribution >= 4 is 11.8 Å². The van der Waals surface area contributed by atoms with E-state index in [0.717, 1.165) is 0 Å². The Labute approximate surface area is 99.9 Å². The quantitative estimate of drug-likeness (QED) is 0.764. The average molecular weight is 239 g/mol. The van der Waals surface area contributed by atoms with Gasteiger partial charge in [0, 0.05) is 25.8 Å². The number of anilines is 1. The number of carbonyl (C=O) groups is 1. The van der Waals surface area contributed by atoms with Crippen molar-refractivity contribution in [2.75, 3.05) is 19.0 Å². The summed E-state index contributed by atoms with van der Waals surface area (Å²) in [5, 5.41) is 7.36. The molecule has 1 aromatic rings. The molecule has 6 nitrogen and oxygen atoms in total. The van der Waals surface area contributed by atoms with Crippen molar-refractivity contribution in [1.29, 1.82) is 0 Å². The molecular formula is C11H17N3O3. The van der Waals surface area contributed by atoms with Gasteiger partial charge in [-0.3, -0.25) is 4.68 Å². The Balaban J connectivity index is 1.90. The Bertz CT molecular complexity index is 391. The highest BCUT2D eigenvalue weighted by Gasteiger charge is 2.31. The zero-order valence-corrected chi connectivity index (χ0v) is 10.0. The van der Waals surface area contributed by atoms with E-state index >= 15 is 0 Å². The maximum Gasteiger partial charge on any atom is 0.329 e. The fourth-order valence-corrected chi connectivity index (χ4v) is 1.80. The third-order valence-electron chi connectivity index (χ3n) is 2.66. The van der Waals surface area contributed by atoms with Crippen LogP contribution in [0.4, 0.5) is 5.82 Å². The standard InChI is InChI=1S/C11H17N3O3/c1-8-7-9(11(15)17-8)12-10-3-4-14(13-10)5-6-16-2/h3-4,8-9H,5-7H2,1-2H3,(H,12,13)/t8-,9+/m1/s1. The van der Waals surface area contributed by atoms with E-state index in [1.165, 1.54) is 0 Å². The summed E-state index contributed by atoms with van der Waals surface area (Å²) in [6, 6.07) is 1.56. The molecule has 2 rings (SSSR count). The number of carbonyl (C=O) groups excluding carboxylic acids is 1. The van der Waals surface area contributed by atoms with E-state index in [2.05, 4.69) is 10.4 Å². The first-order chi connectivity index (χ1) is 8.19. The van der Waals surface area contributed by atoms with Gasteiger partial charge in [-0.2, -0.15) is 5.10 Å². The lowest BCUT2D eigenvalue weighted by Crippen LogP contribution is -2.24. The summed E-state index contributed by atoms with van der Waals surface area (Å²) >= 11 is 0. The minimum absolute atomic E-state index is 0.0180. The van der Waals surface area contributed by atoms with Gasteiger partial charge in [0.05, 0.1) is 13.2 Å². The van der Waals surface area contributed by atoms with E-state index in [9.17, 15) is 4.79 Å². The number of rotatable bonds is 5. The van der Waals surface area contributed by atoms with E-state index in [-0.39, 0.29) is 18.1 Å². The van der Waals surface area contributed by atoms with E-state index in [1.807, 2.05) is 19.2 Å². The van der Waals surface area contributed by atoms with Crippen molar-refractivity contribution in [1.82, 2.24) is 9.78 Å². The predicted octanol–water partition coefficient (Wildman–Crippen LogP) is 0.645. The molecule has 0 bridgehead atoms. The normalized spacial score (nSPS) is 23.8. The molecule has 94 valence electrons. The molecule has 0 amide bonds. The summed E-state index contributed by atoms with van der Waals surface area (Å²) in [5.41, 5.74) is 0. The van der Waals surface area contributed by atoms with Crippen LogP contribution < -0.4 is 5.32 Å². The number of esters is 1. The Morgan fingerprint density at radius 2 is 2.53 bits per heavy atom. The molecule has 1 fully saturated rings. The van der Waals surface area contributed by atoms with Crippen LogP contribution in [0, 0.1) is 0 Å². The van der Waals surface area contributed by atoms with Crippen LogP contribution >= 0.6 is 0 Å². The lowest BCUT2D eigenvalue weighted by atomic mass is 10.2. The van der Waals surface area contributed by atoms with Crippen molar-refractivity contribution in [2.45, 2.75) is 32.0 Å². The highest BCUT2D eigenvalue weighted by atomic mass is 16.6. The average Bonchev–Trinajstić information content (AvgIpc) is 2.84. The fraction of sp³-hybridized carbons (Fsp3) is 0.636. The molecule has 0 unspecified atom stereocenters. The van der Waals surface area contributed by atoms with Crippen molar-refractivity contribution in [3.63, 3.8) is 0 Å². The van der Waals surface area contributed by atoms with E-state index in [0.29, 0.717) is 25.4 Å². The van der Waals surface area contributed by atoms with E-state index in [4.69, 9.17) is 9.47 Å². The molecule has 1 aliphatic rings. The van der Waals surface area contributed by atoms with Gasteiger partial charge in [-0.25, -0.2) is 4.79 Å². The Morgan fingerprint density at radius 3 is 3.18 bits per heavy atom. The first-order valence-corrected chi connectivity index (χ1v) is 5.68. The lowest BCUT2D eigenvalue weighted by molar-refractivity contribution is -0.141. The topological polar surface area (TPSA) is 65.4 Å². The number of cyclic esters (lactones) is 1. The van der Waals surface area contributed by atoms with Crippen molar-refractivity contribution in [3.05, 3.63) is 12.3 Å². The largest absolute Gasteiger partial charge is 0.461 e. The predicted molar refractivity (Wildman–Crippen MR) is 61.7 cm³/mol. The van der Waals surface area contributed by atoms with Crippen LogP contribution in [0.2, 0.25) is 0 Å². The van der Waals surface area contributed by atoms with Gasteiger partial charge in [-0.1, -0.05) is 0 Å². The molecule has 1 aliphatic heterocycles. The Morgan fingerprint density at radius 1 is 1.71 bits per heavy atom. The summed E-state index contributed by atoms with van der Waals surface area (Å²) in [4.78, 5) is 11.4. The molecule has 0 aliphatic carbocycles. The SMILES string of the molecule is COCCn1ccc(N[C@H]2C[C@@H](C)OC2=O)n1. The Hall–Kier alpha value is -1.56. The number of nitrogens with one attached hydrogen (secondary N) is 1. The second kappa shape index (κ2) is 5.18. The number of methoxy groups -OCH3 is 1. The third-order valence-corrected chi connectivity index (χ3v) is 2.66. The molecule has 2 atom stereocenters. The zero-order chi connectivity index (χ0) is 12.3. The molecular weight excluding hydrogens is 222 g/mol. The smallest absolute Gasteiger partial charge is 0.329 e. The zero-order valence-electron chi connectivity index (χ0n) is 10.0. The maximum absolute atomic E-state index is 11.4. The minimum Gasteiger partial charge on any atom is -0.461 e. The molecule has 0 aromatic carbocycles. The third kappa shape index (κ3) is 2.97. The maximum atomic E-state index is 11.4. The van der Waals surface area contributed by atoms with Crippen LogP contribution in [0.25, 0.3) is 0 Å². The highest BCUT2D eigenvalue weighted by molar-refractivity contribution is 5.80. The number of aromatic nitrogens is 2. The van der Waals surface area contributed by atoms with Gasteiger partial charge in [0.25, 0.3) is 0 Å². The summed E-state index contributed by atoms with van der Waals surface area (Å²) in [6.45, 7) is 3.20. The van der Waals surface area contributed by atoms with E-state index in [1.54, 1.807) is 11.8 Å². The van der Waals surface area contributed by atoms with Gasteiger partial charge in [-0.15, -0.1) is 0 Å². The van der Waals surface area contributed by atoms with Gasteiger partial charge in [-0.05, 0) is 6.92 Å². The molecule has 2 heterocycles. The first kappa shape index (κ1) is 11.9. The monoisotopic (exact) mass is 239 g/mol. The van der Waals surface area contributed by atoms with Gasteiger partial charge >= 0.3 is 5.97 Å². The lowest BCUT2D eigenvalue weighted by Gasteiger charge is -2.06. The Kier molecular flexibility index (Phi) is 3.63. The van der Waals surface area contributed by atoms with Crippen LogP contribution in [0.15, 0.2) is 12.3 Å². The van der Waals surface area contributed by atoms with E-state index < -0.39 is 0 Å². The minimum atomic E-state index is -0.282. The molecule has 6 heteroatoms. The summed E-state index contributed by atoms with van der Waals surface area (Å²) in [6.07, 6.45) is 2.52. The summed E-state index contributed by atoms with van der Waals surface area (Å²) in [5.74, 6) is 0.487. The van der Waals surface area contributed by atoms with Crippen LogP contribution in [0.5, 0.6) is 0 Å². The molecule has 0 saturated carbocycles. The molecule has 0 spiro atoms. The number of nitrogens with zero attached hydrogens (tertiary/aromatic N) is 2. The van der Waals surface area contributed by atoms with Crippen LogP contribution in [0.1, 0.15) is 13.3 Å². The number of hydrogen-bond acceptors (Lipinski definition) is 5. The second-order valence-corrected chi connectivity index (χ2v) is 4.14. The number of hydrogen-bond donors (Lipinski definition) is 1. The van der Waals surface area contributed by atoms with Gasteiger partial charge < -0.3 is 14.8 Å². The van der Waals surface area contributed by atoms with Crippen molar-refractivity contribution < 1.29 is 14.3 Å². The first-order valence-electron chi connectivity index (χ1n) is 5.68. The molecule has 17 heavy (non-hydrogen) atoms. The van der Waals surface area contributed by atoms with Gasteiger partial charge in [0.2, 0.25) is 0 Å². The van der Waals surface area contributed by atoms with Crippen LogP contribution in [-0.2, 0) is 20.8 Å². The number of ether oxygens (including phenoxy) is 2.